The van der Waals surface area contributed by atoms with Crippen LogP contribution in [0.25, 0.3) is 0 Å². The van der Waals surface area contributed by atoms with Gasteiger partial charge in [-0.25, -0.2) is 8.42 Å². The molecule has 5 heteroatoms. The van der Waals surface area contributed by atoms with E-state index in [0.717, 1.165) is 12.8 Å². The Kier molecular flexibility index (Phi) is 5.87. The summed E-state index contributed by atoms with van der Waals surface area (Å²) >= 11 is 0. The second kappa shape index (κ2) is 6.10. The summed E-state index contributed by atoms with van der Waals surface area (Å²) in [7, 11) is -3.26. The maximum Gasteiger partial charge on any atom is 0.307 e. The Balaban J connectivity index is 4.39. The lowest BCUT2D eigenvalue weighted by molar-refractivity contribution is -0.141. The van der Waals surface area contributed by atoms with Crippen LogP contribution in [-0.4, -0.2) is 30.5 Å². The molecule has 2 unspecified atom stereocenters. The average molecular weight is 236 g/mol. The summed E-state index contributed by atoms with van der Waals surface area (Å²) in [4.78, 5) is 10.7. The standard InChI is InChI=1S/C10H20O4S/c1-4-5-6-7-15(13,14)9(3)8(2)10(11)12/h8-9H,4-7H2,1-3H3,(H,11,12). The van der Waals surface area contributed by atoms with E-state index in [1.54, 1.807) is 0 Å². The van der Waals surface area contributed by atoms with Gasteiger partial charge in [0.15, 0.2) is 9.84 Å². The molecule has 0 radical (unpaired) electrons. The normalized spacial score (nSPS) is 15.9. The van der Waals surface area contributed by atoms with E-state index >= 15 is 0 Å². The van der Waals surface area contributed by atoms with Crippen molar-refractivity contribution in [3.63, 3.8) is 0 Å². The van der Waals surface area contributed by atoms with Crippen LogP contribution in [-0.2, 0) is 14.6 Å². The van der Waals surface area contributed by atoms with E-state index in [2.05, 4.69) is 0 Å². The molecule has 0 rings (SSSR count). The predicted molar refractivity (Wildman–Crippen MR) is 59.6 cm³/mol. The number of carboxylic acid groups (broad SMARTS) is 1. The van der Waals surface area contributed by atoms with Crippen molar-refractivity contribution < 1.29 is 18.3 Å². The van der Waals surface area contributed by atoms with Crippen molar-refractivity contribution in [1.82, 2.24) is 0 Å². The van der Waals surface area contributed by atoms with Gasteiger partial charge in [0.1, 0.15) is 0 Å². The van der Waals surface area contributed by atoms with Gasteiger partial charge < -0.3 is 5.11 Å². The molecule has 0 bridgehead atoms. The molecule has 1 N–H and O–H groups in total. The molecule has 0 aliphatic rings. The van der Waals surface area contributed by atoms with Gasteiger partial charge in [-0.2, -0.15) is 0 Å². The van der Waals surface area contributed by atoms with Gasteiger partial charge in [-0.05, 0) is 13.3 Å². The smallest absolute Gasteiger partial charge is 0.307 e. The molecular weight excluding hydrogens is 216 g/mol. The Morgan fingerprint density at radius 1 is 1.27 bits per heavy atom. The topological polar surface area (TPSA) is 71.4 Å². The molecular formula is C10H20O4S. The minimum absolute atomic E-state index is 0.0969. The van der Waals surface area contributed by atoms with Gasteiger partial charge >= 0.3 is 5.97 Å². The van der Waals surface area contributed by atoms with Crippen molar-refractivity contribution in [2.24, 2.45) is 5.92 Å². The van der Waals surface area contributed by atoms with Gasteiger partial charge in [-0.1, -0.05) is 26.7 Å². The number of sulfone groups is 1. The van der Waals surface area contributed by atoms with E-state index in [1.807, 2.05) is 6.92 Å². The highest BCUT2D eigenvalue weighted by atomic mass is 32.2. The van der Waals surface area contributed by atoms with E-state index in [0.29, 0.717) is 6.42 Å². The molecule has 0 aromatic carbocycles. The van der Waals surface area contributed by atoms with Gasteiger partial charge in [0, 0.05) is 0 Å². The number of hydrogen-bond acceptors (Lipinski definition) is 3. The molecule has 0 aromatic rings. The van der Waals surface area contributed by atoms with Crippen LogP contribution < -0.4 is 0 Å². The number of hydrogen-bond donors (Lipinski definition) is 1. The molecule has 0 fully saturated rings. The second-order valence-corrected chi connectivity index (χ2v) is 6.38. The lowest BCUT2D eigenvalue weighted by atomic mass is 10.1. The highest BCUT2D eigenvalue weighted by molar-refractivity contribution is 7.92. The summed E-state index contributed by atoms with van der Waals surface area (Å²) < 4.78 is 23.4. The third kappa shape index (κ3) is 4.64. The summed E-state index contributed by atoms with van der Waals surface area (Å²) in [6, 6.07) is 0. The van der Waals surface area contributed by atoms with Crippen LogP contribution in [0.5, 0.6) is 0 Å². The van der Waals surface area contributed by atoms with Crippen LogP contribution in [0.3, 0.4) is 0 Å². The van der Waals surface area contributed by atoms with E-state index in [9.17, 15) is 13.2 Å². The van der Waals surface area contributed by atoms with Crippen molar-refractivity contribution in [3.8, 4) is 0 Å². The van der Waals surface area contributed by atoms with Gasteiger partial charge in [0.25, 0.3) is 0 Å². The first kappa shape index (κ1) is 14.4. The van der Waals surface area contributed by atoms with Crippen molar-refractivity contribution in [2.75, 3.05) is 5.75 Å². The Morgan fingerprint density at radius 2 is 1.80 bits per heavy atom. The molecule has 4 nitrogen and oxygen atoms in total. The molecule has 0 amide bonds. The molecule has 0 aliphatic heterocycles. The Bertz CT molecular complexity index is 295. The summed E-state index contributed by atoms with van der Waals surface area (Å²) in [5.41, 5.74) is 0. The first-order valence-electron chi connectivity index (χ1n) is 5.27. The van der Waals surface area contributed by atoms with Crippen molar-refractivity contribution in [1.29, 1.82) is 0 Å². The largest absolute Gasteiger partial charge is 0.481 e. The van der Waals surface area contributed by atoms with Crippen LogP contribution in [0.2, 0.25) is 0 Å². The zero-order chi connectivity index (χ0) is 12.1. The minimum atomic E-state index is -3.26. The zero-order valence-electron chi connectivity index (χ0n) is 9.56. The lowest BCUT2D eigenvalue weighted by Crippen LogP contribution is -2.32. The number of carbonyl (C=O) groups is 1. The maximum atomic E-state index is 11.7. The fourth-order valence-corrected chi connectivity index (χ4v) is 2.97. The quantitative estimate of drug-likeness (QED) is 0.683. The van der Waals surface area contributed by atoms with Gasteiger partial charge in [-0.3, -0.25) is 4.79 Å². The number of unbranched alkanes of at least 4 members (excludes halogenated alkanes) is 2. The molecule has 0 aromatic heterocycles. The molecule has 15 heavy (non-hydrogen) atoms. The number of carboxylic acids is 1. The Hall–Kier alpha value is -0.580. The third-order valence-electron chi connectivity index (χ3n) is 2.69. The molecule has 0 heterocycles. The van der Waals surface area contributed by atoms with Gasteiger partial charge in [-0.15, -0.1) is 0 Å². The zero-order valence-corrected chi connectivity index (χ0v) is 10.4. The summed E-state index contributed by atoms with van der Waals surface area (Å²) in [6.45, 7) is 4.90. The van der Waals surface area contributed by atoms with Crippen molar-refractivity contribution in [3.05, 3.63) is 0 Å². The van der Waals surface area contributed by atoms with E-state index in [1.165, 1.54) is 13.8 Å². The predicted octanol–water partition coefficient (Wildman–Crippen LogP) is 1.70. The highest BCUT2D eigenvalue weighted by Gasteiger charge is 2.30. The van der Waals surface area contributed by atoms with Crippen LogP contribution in [0.4, 0.5) is 0 Å². The molecule has 0 saturated heterocycles. The van der Waals surface area contributed by atoms with Crippen LogP contribution >= 0.6 is 0 Å². The first-order valence-corrected chi connectivity index (χ1v) is 6.98. The molecule has 0 aliphatic carbocycles. The molecule has 2 atom stereocenters. The molecule has 0 saturated carbocycles. The monoisotopic (exact) mass is 236 g/mol. The Morgan fingerprint density at radius 3 is 2.20 bits per heavy atom. The van der Waals surface area contributed by atoms with E-state index in [4.69, 9.17) is 5.11 Å². The summed E-state index contributed by atoms with van der Waals surface area (Å²) in [5.74, 6) is -1.79. The van der Waals surface area contributed by atoms with E-state index < -0.39 is 27.0 Å². The minimum Gasteiger partial charge on any atom is -0.481 e. The summed E-state index contributed by atoms with van der Waals surface area (Å²) in [6.07, 6.45) is 2.45. The number of aliphatic carboxylic acids is 1. The van der Waals surface area contributed by atoms with Crippen molar-refractivity contribution in [2.45, 2.75) is 45.3 Å². The van der Waals surface area contributed by atoms with Gasteiger partial charge in [0.2, 0.25) is 0 Å². The lowest BCUT2D eigenvalue weighted by Gasteiger charge is -2.16. The van der Waals surface area contributed by atoms with Crippen molar-refractivity contribution >= 4 is 15.8 Å². The molecule has 0 spiro atoms. The third-order valence-corrected chi connectivity index (χ3v) is 5.09. The first-order chi connectivity index (χ1) is 6.83. The van der Waals surface area contributed by atoms with Gasteiger partial charge in [0.05, 0.1) is 16.9 Å². The van der Waals surface area contributed by atoms with Crippen LogP contribution in [0.1, 0.15) is 40.0 Å². The number of rotatable bonds is 7. The molecule has 90 valence electrons. The van der Waals surface area contributed by atoms with E-state index in [-0.39, 0.29) is 5.75 Å². The Labute approximate surface area is 91.6 Å². The second-order valence-electron chi connectivity index (χ2n) is 3.91. The fraction of sp³-hybridized carbons (Fsp3) is 0.900. The summed E-state index contributed by atoms with van der Waals surface area (Å²) in [5, 5.41) is 7.92. The van der Waals surface area contributed by atoms with Crippen LogP contribution in [0, 0.1) is 5.92 Å². The fourth-order valence-electron chi connectivity index (χ4n) is 1.25. The van der Waals surface area contributed by atoms with Crippen LogP contribution in [0.15, 0.2) is 0 Å². The SMILES string of the molecule is CCCCCS(=O)(=O)C(C)C(C)C(=O)O. The maximum absolute atomic E-state index is 11.7. The average Bonchev–Trinajstić information content (AvgIpc) is 2.15. The highest BCUT2D eigenvalue weighted by Crippen LogP contribution is 2.15.